The van der Waals surface area contributed by atoms with Crippen LogP contribution in [0.4, 0.5) is 5.69 Å². The van der Waals surface area contributed by atoms with Gasteiger partial charge in [0.25, 0.3) is 5.91 Å². The van der Waals surface area contributed by atoms with Gasteiger partial charge in [0, 0.05) is 11.7 Å². The number of para-hydroxylation sites is 1. The highest BCUT2D eigenvalue weighted by Gasteiger charge is 2.30. The van der Waals surface area contributed by atoms with Gasteiger partial charge in [-0.25, -0.2) is 4.79 Å². The molecule has 0 aromatic heterocycles. The molecule has 0 aliphatic carbocycles. The number of rotatable bonds is 5. The number of ether oxygens (including phenoxy) is 2. The predicted octanol–water partition coefficient (Wildman–Crippen LogP) is 3.74. The lowest BCUT2D eigenvalue weighted by molar-refractivity contribution is -0.149. The highest BCUT2D eigenvalue weighted by Crippen LogP contribution is 2.31. The van der Waals surface area contributed by atoms with Crippen molar-refractivity contribution in [1.29, 1.82) is 0 Å². The number of carbonyl (C=O) groups is 2. The predicted molar refractivity (Wildman–Crippen MR) is 107 cm³/mol. The first-order valence-electron chi connectivity index (χ1n) is 9.29. The number of fused-ring (bicyclic) bond motifs is 2. The molecule has 5 nitrogen and oxygen atoms in total. The Morgan fingerprint density at radius 3 is 2.57 bits per heavy atom. The average molecular weight is 375 g/mol. The Balaban J connectivity index is 1.31. The molecule has 0 saturated heterocycles. The van der Waals surface area contributed by atoms with E-state index in [2.05, 4.69) is 0 Å². The number of carbonyl (C=O) groups excluding carboxylic acids is 2. The zero-order valence-corrected chi connectivity index (χ0v) is 15.6. The summed E-state index contributed by atoms with van der Waals surface area (Å²) >= 11 is 0. The van der Waals surface area contributed by atoms with Gasteiger partial charge in [-0.05, 0) is 47.9 Å². The molecule has 0 unspecified atom stereocenters. The Bertz CT molecular complexity index is 1030. The van der Waals surface area contributed by atoms with Crippen LogP contribution >= 0.6 is 0 Å². The standard InChI is InChI=1S/C23H21NO4/c1-16-12-19-8-4-5-9-21(19)24(16)22(25)14-28-23(26)15-27-20-11-10-17-6-2-3-7-18(17)13-20/h2-11,13,16H,12,14-15H2,1H3/t16-/m0/s1. The molecule has 3 aromatic carbocycles. The van der Waals surface area contributed by atoms with Crippen molar-refractivity contribution in [3.8, 4) is 5.75 Å². The molecule has 1 heterocycles. The summed E-state index contributed by atoms with van der Waals surface area (Å²) in [4.78, 5) is 26.3. The number of nitrogens with zero attached hydrogens (tertiary/aromatic N) is 1. The fourth-order valence-electron chi connectivity index (χ4n) is 3.60. The SMILES string of the molecule is C[C@H]1Cc2ccccc2N1C(=O)COC(=O)COc1ccc2ccccc2c1. The van der Waals surface area contributed by atoms with Crippen LogP contribution < -0.4 is 9.64 Å². The van der Waals surface area contributed by atoms with Gasteiger partial charge in [0.2, 0.25) is 0 Å². The summed E-state index contributed by atoms with van der Waals surface area (Å²) in [5, 5.41) is 2.13. The van der Waals surface area contributed by atoms with E-state index in [0.717, 1.165) is 28.4 Å². The van der Waals surface area contributed by atoms with Crippen LogP contribution in [0, 0.1) is 0 Å². The van der Waals surface area contributed by atoms with Crippen molar-refractivity contribution >= 4 is 28.3 Å². The lowest BCUT2D eigenvalue weighted by Crippen LogP contribution is -2.39. The van der Waals surface area contributed by atoms with Gasteiger partial charge in [-0.3, -0.25) is 4.79 Å². The quantitative estimate of drug-likeness (QED) is 0.638. The average Bonchev–Trinajstić information content (AvgIpc) is 3.06. The number of hydrogen-bond donors (Lipinski definition) is 0. The second-order valence-corrected chi connectivity index (χ2v) is 6.90. The lowest BCUT2D eigenvalue weighted by Gasteiger charge is -2.22. The van der Waals surface area contributed by atoms with E-state index >= 15 is 0 Å². The van der Waals surface area contributed by atoms with Gasteiger partial charge < -0.3 is 14.4 Å². The zero-order chi connectivity index (χ0) is 19.5. The molecule has 1 amide bonds. The minimum atomic E-state index is -0.568. The van der Waals surface area contributed by atoms with Gasteiger partial charge in [0.05, 0.1) is 0 Å². The zero-order valence-electron chi connectivity index (χ0n) is 15.6. The summed E-state index contributed by atoms with van der Waals surface area (Å²) in [6.45, 7) is 1.46. The smallest absolute Gasteiger partial charge is 0.344 e. The second-order valence-electron chi connectivity index (χ2n) is 6.90. The molecule has 4 rings (SSSR count). The van der Waals surface area contributed by atoms with Crippen molar-refractivity contribution in [2.75, 3.05) is 18.1 Å². The van der Waals surface area contributed by atoms with E-state index in [-0.39, 0.29) is 25.2 Å². The van der Waals surface area contributed by atoms with E-state index in [1.165, 1.54) is 0 Å². The molecule has 0 saturated carbocycles. The van der Waals surface area contributed by atoms with Crippen LogP contribution in [0.15, 0.2) is 66.7 Å². The van der Waals surface area contributed by atoms with E-state index in [1.807, 2.05) is 73.7 Å². The summed E-state index contributed by atoms with van der Waals surface area (Å²) in [7, 11) is 0. The minimum Gasteiger partial charge on any atom is -0.482 e. The summed E-state index contributed by atoms with van der Waals surface area (Å²) in [5.41, 5.74) is 2.03. The number of esters is 1. The topological polar surface area (TPSA) is 55.8 Å². The molecular weight excluding hydrogens is 354 g/mol. The molecule has 0 bridgehead atoms. The number of hydrogen-bond acceptors (Lipinski definition) is 4. The molecule has 0 radical (unpaired) electrons. The van der Waals surface area contributed by atoms with Gasteiger partial charge in [-0.2, -0.15) is 0 Å². The molecule has 28 heavy (non-hydrogen) atoms. The lowest BCUT2D eigenvalue weighted by atomic mass is 10.1. The first-order chi connectivity index (χ1) is 13.6. The molecule has 1 atom stereocenters. The van der Waals surface area contributed by atoms with Crippen LogP contribution in [0.2, 0.25) is 0 Å². The maximum Gasteiger partial charge on any atom is 0.344 e. The molecule has 0 fully saturated rings. The van der Waals surface area contributed by atoms with E-state index in [1.54, 1.807) is 4.90 Å². The molecule has 0 spiro atoms. The van der Waals surface area contributed by atoms with Gasteiger partial charge in [0.15, 0.2) is 13.2 Å². The fourth-order valence-corrected chi connectivity index (χ4v) is 3.60. The highest BCUT2D eigenvalue weighted by molar-refractivity contribution is 5.97. The molecule has 1 aliphatic heterocycles. The maximum atomic E-state index is 12.6. The van der Waals surface area contributed by atoms with Gasteiger partial charge in [-0.15, -0.1) is 0 Å². The van der Waals surface area contributed by atoms with Crippen LogP contribution in [0.5, 0.6) is 5.75 Å². The van der Waals surface area contributed by atoms with E-state index in [9.17, 15) is 9.59 Å². The highest BCUT2D eigenvalue weighted by atomic mass is 16.6. The van der Waals surface area contributed by atoms with Crippen LogP contribution in [0.3, 0.4) is 0 Å². The van der Waals surface area contributed by atoms with Crippen LogP contribution in [-0.2, 0) is 20.7 Å². The summed E-state index contributed by atoms with van der Waals surface area (Å²) < 4.78 is 10.6. The van der Waals surface area contributed by atoms with Crippen molar-refractivity contribution in [2.45, 2.75) is 19.4 Å². The van der Waals surface area contributed by atoms with Crippen molar-refractivity contribution < 1.29 is 19.1 Å². The third kappa shape index (κ3) is 3.69. The Labute approximate surface area is 163 Å². The third-order valence-electron chi connectivity index (χ3n) is 4.91. The summed E-state index contributed by atoms with van der Waals surface area (Å²) in [5.74, 6) is -0.206. The van der Waals surface area contributed by atoms with Crippen LogP contribution in [-0.4, -0.2) is 31.1 Å². The summed E-state index contributed by atoms with van der Waals surface area (Å²) in [6, 6.07) is 21.4. The van der Waals surface area contributed by atoms with Crippen LogP contribution in [0.25, 0.3) is 10.8 Å². The van der Waals surface area contributed by atoms with Gasteiger partial charge in [-0.1, -0.05) is 48.5 Å². The Morgan fingerprint density at radius 1 is 0.964 bits per heavy atom. The number of benzene rings is 3. The minimum absolute atomic E-state index is 0.0532. The monoisotopic (exact) mass is 375 g/mol. The molecule has 142 valence electrons. The van der Waals surface area contributed by atoms with Crippen molar-refractivity contribution in [2.24, 2.45) is 0 Å². The van der Waals surface area contributed by atoms with Gasteiger partial charge >= 0.3 is 5.97 Å². The number of amides is 1. The van der Waals surface area contributed by atoms with Crippen molar-refractivity contribution in [1.82, 2.24) is 0 Å². The van der Waals surface area contributed by atoms with Crippen LogP contribution in [0.1, 0.15) is 12.5 Å². The van der Waals surface area contributed by atoms with Gasteiger partial charge in [0.1, 0.15) is 5.75 Å². The second kappa shape index (κ2) is 7.72. The van der Waals surface area contributed by atoms with E-state index < -0.39 is 5.97 Å². The first kappa shape index (κ1) is 18.0. The summed E-state index contributed by atoms with van der Waals surface area (Å²) in [6.07, 6.45) is 0.806. The van der Waals surface area contributed by atoms with E-state index in [0.29, 0.717) is 5.75 Å². The molecule has 3 aromatic rings. The van der Waals surface area contributed by atoms with E-state index in [4.69, 9.17) is 9.47 Å². The fraction of sp³-hybridized carbons (Fsp3) is 0.217. The normalized spacial score (nSPS) is 15.3. The first-order valence-corrected chi connectivity index (χ1v) is 9.29. The van der Waals surface area contributed by atoms with Crippen molar-refractivity contribution in [3.05, 3.63) is 72.3 Å². The molecule has 5 heteroatoms. The van der Waals surface area contributed by atoms with Crippen molar-refractivity contribution in [3.63, 3.8) is 0 Å². The Morgan fingerprint density at radius 2 is 1.71 bits per heavy atom. The molecule has 0 N–H and O–H groups in total. The largest absolute Gasteiger partial charge is 0.482 e. The Hall–Kier alpha value is -3.34. The Kier molecular flexibility index (Phi) is 4.98. The number of anilines is 1. The molecular formula is C23H21NO4. The maximum absolute atomic E-state index is 12.6. The molecule has 1 aliphatic rings. The third-order valence-corrected chi connectivity index (χ3v) is 4.91.